The summed E-state index contributed by atoms with van der Waals surface area (Å²) >= 11 is 5.79. The van der Waals surface area contributed by atoms with Crippen LogP contribution in [0.4, 0.5) is 10.1 Å². The molecule has 1 aliphatic heterocycles. The molecule has 0 amide bonds. The summed E-state index contributed by atoms with van der Waals surface area (Å²) in [4.78, 5) is 10.9. The van der Waals surface area contributed by atoms with Gasteiger partial charge in [0.1, 0.15) is 12.1 Å². The fraction of sp³-hybridized carbons (Fsp3) is 0.222. The maximum absolute atomic E-state index is 14.2. The van der Waals surface area contributed by atoms with Crippen molar-refractivity contribution in [2.45, 2.75) is 0 Å². The summed E-state index contributed by atoms with van der Waals surface area (Å²) in [5.74, 6) is -0.420. The van der Waals surface area contributed by atoms with Gasteiger partial charge >= 0.3 is 0 Å². The zero-order valence-corrected chi connectivity index (χ0v) is 13.6. The van der Waals surface area contributed by atoms with Crippen LogP contribution >= 0.6 is 11.6 Å². The fourth-order valence-electron chi connectivity index (χ4n) is 2.90. The number of hydrogen-bond donors (Lipinski definition) is 0. The van der Waals surface area contributed by atoms with Crippen LogP contribution in [0.1, 0.15) is 0 Å². The molecule has 0 spiro atoms. The second kappa shape index (κ2) is 6.34. The Morgan fingerprint density at radius 3 is 2.79 bits per heavy atom. The van der Waals surface area contributed by atoms with E-state index in [0.717, 1.165) is 42.9 Å². The fourth-order valence-corrected chi connectivity index (χ4v) is 3.05. The van der Waals surface area contributed by atoms with E-state index < -0.39 is 5.82 Å². The number of nitrogens with zero attached hydrogens (tertiary/aromatic N) is 3. The number of aromatic nitrogens is 2. The standard InChI is InChI=1S/C18H14ClFN3O/c19-12-1-3-14(16(20)9-12)18-15-4-2-13(10-17(15)21-11-22-18)23-5-7-24-8-6-23/h2-4,9-11H,5-8H2. The van der Waals surface area contributed by atoms with Crippen LogP contribution in [-0.2, 0) is 4.74 Å². The first-order valence-electron chi connectivity index (χ1n) is 7.67. The van der Waals surface area contributed by atoms with E-state index >= 15 is 0 Å². The Balaban J connectivity index is 1.80. The summed E-state index contributed by atoms with van der Waals surface area (Å²) in [6.07, 6.45) is 1.45. The van der Waals surface area contributed by atoms with E-state index in [0.29, 0.717) is 11.3 Å². The predicted octanol–water partition coefficient (Wildman–Crippen LogP) is 3.73. The highest BCUT2D eigenvalue weighted by Gasteiger charge is 2.15. The molecule has 4 rings (SSSR count). The third kappa shape index (κ3) is 2.81. The highest BCUT2D eigenvalue weighted by molar-refractivity contribution is 6.30. The smallest absolute Gasteiger partial charge is 0.134 e. The summed E-state index contributed by atoms with van der Waals surface area (Å²) in [5, 5.41) is 1.04. The van der Waals surface area contributed by atoms with Crippen molar-refractivity contribution in [3.8, 4) is 11.3 Å². The largest absolute Gasteiger partial charge is 0.378 e. The molecule has 2 aromatic carbocycles. The van der Waals surface area contributed by atoms with Crippen molar-refractivity contribution in [1.82, 2.24) is 9.97 Å². The van der Waals surface area contributed by atoms with Crippen molar-refractivity contribution >= 4 is 28.2 Å². The van der Waals surface area contributed by atoms with E-state index in [2.05, 4.69) is 20.9 Å². The van der Waals surface area contributed by atoms with E-state index in [9.17, 15) is 4.39 Å². The number of ether oxygens (including phenoxy) is 1. The van der Waals surface area contributed by atoms with E-state index in [1.807, 2.05) is 18.2 Å². The minimum absolute atomic E-state index is 0.240. The average Bonchev–Trinajstić information content (AvgIpc) is 2.62. The molecular weight excluding hydrogens is 329 g/mol. The van der Waals surface area contributed by atoms with Gasteiger partial charge in [0.15, 0.2) is 0 Å². The first kappa shape index (κ1) is 15.3. The Morgan fingerprint density at radius 2 is 2.00 bits per heavy atom. The van der Waals surface area contributed by atoms with Crippen LogP contribution in [0.15, 0.2) is 36.7 Å². The highest BCUT2D eigenvalue weighted by atomic mass is 35.5. The molecular formula is C18H14ClFN3O. The van der Waals surface area contributed by atoms with E-state index in [1.54, 1.807) is 0 Å². The quantitative estimate of drug-likeness (QED) is 0.711. The minimum Gasteiger partial charge on any atom is -0.378 e. The van der Waals surface area contributed by atoms with Crippen LogP contribution in [0.25, 0.3) is 22.2 Å². The van der Waals surface area contributed by atoms with Gasteiger partial charge in [-0.25, -0.2) is 14.4 Å². The van der Waals surface area contributed by atoms with E-state index in [-0.39, 0.29) is 5.02 Å². The average molecular weight is 343 g/mol. The van der Waals surface area contributed by atoms with Crippen molar-refractivity contribution in [1.29, 1.82) is 0 Å². The Hall–Kier alpha value is -2.24. The SMILES string of the molecule is Fc1cc(Cl)[c]cc1-c1ncnc2cc(N3CCOCC3)ccc12. The highest BCUT2D eigenvalue weighted by Crippen LogP contribution is 2.31. The summed E-state index contributed by atoms with van der Waals surface area (Å²) in [5.41, 5.74) is 2.77. The van der Waals surface area contributed by atoms with Crippen LogP contribution in [0.5, 0.6) is 0 Å². The molecule has 24 heavy (non-hydrogen) atoms. The summed E-state index contributed by atoms with van der Waals surface area (Å²) < 4.78 is 19.6. The van der Waals surface area contributed by atoms with Crippen LogP contribution < -0.4 is 4.90 Å². The molecule has 0 unspecified atom stereocenters. The number of fused-ring (bicyclic) bond motifs is 1. The molecule has 1 aliphatic rings. The molecule has 6 heteroatoms. The van der Waals surface area contributed by atoms with Crippen molar-refractivity contribution in [3.63, 3.8) is 0 Å². The van der Waals surface area contributed by atoms with Crippen LogP contribution in [-0.4, -0.2) is 36.3 Å². The normalized spacial score (nSPS) is 15.0. The molecule has 3 aromatic rings. The van der Waals surface area contributed by atoms with Gasteiger partial charge in [0, 0.05) is 35.8 Å². The maximum atomic E-state index is 14.2. The van der Waals surface area contributed by atoms with Crippen LogP contribution in [0.3, 0.4) is 0 Å². The molecule has 0 saturated carbocycles. The molecule has 0 aliphatic carbocycles. The Labute approximate surface area is 143 Å². The van der Waals surface area contributed by atoms with Gasteiger partial charge in [-0.05, 0) is 30.3 Å². The molecule has 1 radical (unpaired) electrons. The van der Waals surface area contributed by atoms with Crippen LogP contribution in [0, 0.1) is 11.9 Å². The van der Waals surface area contributed by atoms with Gasteiger partial charge in [-0.2, -0.15) is 0 Å². The van der Waals surface area contributed by atoms with Gasteiger partial charge in [0.2, 0.25) is 0 Å². The van der Waals surface area contributed by atoms with Gasteiger partial charge < -0.3 is 9.64 Å². The molecule has 1 saturated heterocycles. The number of benzene rings is 2. The molecule has 121 valence electrons. The number of halogens is 2. The van der Waals surface area contributed by atoms with Crippen molar-refractivity contribution in [2.75, 3.05) is 31.2 Å². The molecule has 4 nitrogen and oxygen atoms in total. The second-order valence-corrected chi connectivity index (χ2v) is 5.97. The molecule has 0 bridgehead atoms. The van der Waals surface area contributed by atoms with Gasteiger partial charge in [-0.3, -0.25) is 0 Å². The number of morpholine rings is 1. The molecule has 2 heterocycles. The maximum Gasteiger partial charge on any atom is 0.134 e. The van der Waals surface area contributed by atoms with Crippen molar-refractivity contribution in [2.24, 2.45) is 0 Å². The van der Waals surface area contributed by atoms with Crippen molar-refractivity contribution < 1.29 is 9.13 Å². The number of anilines is 1. The topological polar surface area (TPSA) is 38.2 Å². The monoisotopic (exact) mass is 342 g/mol. The zero-order valence-electron chi connectivity index (χ0n) is 12.8. The molecule has 0 N–H and O–H groups in total. The third-order valence-electron chi connectivity index (χ3n) is 4.12. The molecule has 0 atom stereocenters. The Kier molecular flexibility index (Phi) is 4.04. The zero-order chi connectivity index (χ0) is 16.5. The van der Waals surface area contributed by atoms with Gasteiger partial charge in [0.05, 0.1) is 29.4 Å². The lowest BCUT2D eigenvalue weighted by molar-refractivity contribution is 0.122. The number of hydrogen-bond acceptors (Lipinski definition) is 4. The Bertz CT molecular complexity index is 897. The molecule has 1 aromatic heterocycles. The summed E-state index contributed by atoms with van der Waals surface area (Å²) in [6.45, 7) is 3.15. The van der Waals surface area contributed by atoms with Gasteiger partial charge in [-0.15, -0.1) is 0 Å². The minimum atomic E-state index is -0.420. The summed E-state index contributed by atoms with van der Waals surface area (Å²) in [6, 6.07) is 11.5. The van der Waals surface area contributed by atoms with Gasteiger partial charge in [-0.1, -0.05) is 11.6 Å². The van der Waals surface area contributed by atoms with E-state index in [4.69, 9.17) is 16.3 Å². The Morgan fingerprint density at radius 1 is 1.17 bits per heavy atom. The number of rotatable bonds is 2. The van der Waals surface area contributed by atoms with Crippen molar-refractivity contribution in [3.05, 3.63) is 53.6 Å². The first-order valence-corrected chi connectivity index (χ1v) is 8.05. The lowest BCUT2D eigenvalue weighted by Gasteiger charge is -2.29. The lowest BCUT2D eigenvalue weighted by atomic mass is 10.1. The third-order valence-corrected chi connectivity index (χ3v) is 4.33. The first-order chi connectivity index (χ1) is 11.7. The lowest BCUT2D eigenvalue weighted by Crippen LogP contribution is -2.36. The second-order valence-electron chi connectivity index (χ2n) is 5.57. The van der Waals surface area contributed by atoms with Crippen LogP contribution in [0.2, 0.25) is 5.02 Å². The van der Waals surface area contributed by atoms with E-state index in [1.165, 1.54) is 18.5 Å². The predicted molar refractivity (Wildman–Crippen MR) is 91.8 cm³/mol. The molecule has 1 fully saturated rings. The summed E-state index contributed by atoms with van der Waals surface area (Å²) in [7, 11) is 0. The van der Waals surface area contributed by atoms with Gasteiger partial charge in [0.25, 0.3) is 0 Å².